The van der Waals surface area contributed by atoms with Gasteiger partial charge in [0.25, 0.3) is 6.71 Å². The van der Waals surface area contributed by atoms with Crippen molar-refractivity contribution in [3.05, 3.63) is 332 Å². The molecule has 0 bridgehead atoms. The molecule has 6 heteroatoms. The number of para-hydroxylation sites is 4. The summed E-state index contributed by atoms with van der Waals surface area (Å²) in [7, 11) is 0. The molecule has 0 aliphatic carbocycles. The molecule has 6 heterocycles. The Hall–Kier alpha value is -12.6. The molecule has 15 aromatic carbocycles. The fraction of sp³-hybridized carbons (Fsp3) is 0.0816. The molecule has 0 atom stereocenters. The molecular weight excluding hydrogens is 1260 g/mol. The number of furan rings is 1. The molecule has 0 fully saturated rings. The van der Waals surface area contributed by atoms with Gasteiger partial charge in [0.15, 0.2) is 0 Å². The zero-order valence-electron chi connectivity index (χ0n) is 69.9. The van der Waals surface area contributed by atoms with Crippen molar-refractivity contribution in [2.45, 2.75) is 52.4 Å². The van der Waals surface area contributed by atoms with Crippen LogP contribution in [0.3, 0.4) is 0 Å². The van der Waals surface area contributed by atoms with Crippen molar-refractivity contribution in [3.63, 3.8) is 0 Å². The minimum absolute atomic E-state index is 0.0919. The van der Waals surface area contributed by atoms with Crippen LogP contribution in [0.25, 0.3) is 143 Å². The second-order valence-corrected chi connectivity index (χ2v) is 29.8. The van der Waals surface area contributed by atoms with Crippen LogP contribution in [0.2, 0.25) is 0 Å². The number of nitrogens with zero attached hydrogens (tertiary/aromatic N) is 4. The summed E-state index contributed by atoms with van der Waals surface area (Å²) in [5.74, 6) is 0. The maximum Gasteiger partial charge on any atom is 0.252 e. The summed E-state index contributed by atoms with van der Waals surface area (Å²) in [6, 6.07) is 81.0. The van der Waals surface area contributed by atoms with Gasteiger partial charge in [-0.3, -0.25) is 0 Å². The van der Waals surface area contributed by atoms with E-state index in [9.17, 15) is 12.3 Å². The highest BCUT2D eigenvalue weighted by molar-refractivity contribution is 7.01. The van der Waals surface area contributed by atoms with Gasteiger partial charge in [-0.15, -0.1) is 0 Å². The standard InChI is InChI=1S/C98H71BN4O/c1-97(2,3)66-53-73(61-32-14-8-15-33-61)92(74(54-66)62-34-16-9-17-35-62)102-85-57-68(100-81-44-26-22-40-69(81)77-52-65(48-51-84(77)100)60-30-12-7-13-31-60)49-50-79(85)99-80-59-88-78(70-41-25-29-47-87(70)104-88)58-86(80)103(93-75(63-36-18-10-19-37-63)55-67(98(4,5)6)56-76(93)64-38-20-11-21-39-64)96-90-72-43-24-28-46-83(72)101-82-45-27-23-42-71(82)89(94(90)101)95(102)91(96)99/h7-59H,1-6H3/i7D,12D,13D,22D,26D,30D,31D,40D,44D,48D,51D,52D. The highest BCUT2D eigenvalue weighted by Gasteiger charge is 2.49. The molecule has 19 aromatic rings. The van der Waals surface area contributed by atoms with E-state index in [4.69, 9.17) is 8.53 Å². The second-order valence-electron chi connectivity index (χ2n) is 29.8. The molecule has 492 valence electrons. The van der Waals surface area contributed by atoms with E-state index in [1.54, 1.807) is 4.57 Å². The maximum atomic E-state index is 10.4. The Morgan fingerprint density at radius 2 is 0.808 bits per heavy atom. The molecule has 2 aliphatic heterocycles. The molecule has 0 unspecified atom stereocenters. The Labute approximate surface area is 621 Å². The topological polar surface area (TPSA) is 29.0 Å². The van der Waals surface area contributed by atoms with Crippen LogP contribution in [-0.2, 0) is 10.8 Å². The Bertz CT molecular complexity index is 7370. The Kier molecular flexibility index (Phi) is 10.6. The van der Waals surface area contributed by atoms with Gasteiger partial charge in [0.2, 0.25) is 0 Å². The quantitative estimate of drug-likeness (QED) is 0.142. The molecule has 0 radical (unpaired) electrons. The monoisotopic (exact) mass is 1340 g/mol. The van der Waals surface area contributed by atoms with Crippen molar-refractivity contribution in [1.29, 1.82) is 0 Å². The summed E-state index contributed by atoms with van der Waals surface area (Å²) in [5, 5.41) is 5.59. The van der Waals surface area contributed by atoms with Gasteiger partial charge in [0.1, 0.15) is 11.2 Å². The Morgan fingerprint density at radius 3 is 1.35 bits per heavy atom. The van der Waals surface area contributed by atoms with Crippen molar-refractivity contribution in [2.24, 2.45) is 0 Å². The van der Waals surface area contributed by atoms with Gasteiger partial charge in [-0.2, -0.15) is 0 Å². The molecule has 104 heavy (non-hydrogen) atoms. The lowest BCUT2D eigenvalue weighted by molar-refractivity contribution is 0.590. The third-order valence-electron chi connectivity index (χ3n) is 21.8. The molecular formula is C98H71BN4O. The van der Waals surface area contributed by atoms with Crippen molar-refractivity contribution in [2.75, 3.05) is 9.80 Å². The fourth-order valence-corrected chi connectivity index (χ4v) is 17.1. The van der Waals surface area contributed by atoms with E-state index >= 15 is 0 Å². The lowest BCUT2D eigenvalue weighted by Gasteiger charge is -2.46. The number of benzene rings is 15. The largest absolute Gasteiger partial charge is 0.456 e. The molecule has 0 spiro atoms. The van der Waals surface area contributed by atoms with E-state index in [0.29, 0.717) is 17.0 Å². The first-order valence-electron chi connectivity index (χ1n) is 41.5. The summed E-state index contributed by atoms with van der Waals surface area (Å²) in [5.41, 5.74) is 20.7. The summed E-state index contributed by atoms with van der Waals surface area (Å²) < 4.78 is 126. The van der Waals surface area contributed by atoms with Gasteiger partial charge in [-0.05, 0) is 157 Å². The van der Waals surface area contributed by atoms with Gasteiger partial charge in [-0.1, -0.05) is 278 Å². The van der Waals surface area contributed by atoms with E-state index in [1.807, 2.05) is 30.3 Å². The highest BCUT2D eigenvalue weighted by atomic mass is 16.3. The number of aromatic nitrogens is 2. The molecule has 0 saturated heterocycles. The van der Waals surface area contributed by atoms with Gasteiger partial charge in [0, 0.05) is 82.4 Å². The van der Waals surface area contributed by atoms with Gasteiger partial charge in [0.05, 0.1) is 66.8 Å². The van der Waals surface area contributed by atoms with Crippen LogP contribution >= 0.6 is 0 Å². The Balaban J connectivity index is 1.02. The van der Waals surface area contributed by atoms with Crippen molar-refractivity contribution >= 4 is 139 Å². The van der Waals surface area contributed by atoms with Crippen LogP contribution in [0.1, 0.15) is 69.1 Å². The van der Waals surface area contributed by atoms with Gasteiger partial charge in [-0.25, -0.2) is 0 Å². The Morgan fingerprint density at radius 1 is 0.337 bits per heavy atom. The third kappa shape index (κ3) is 8.81. The summed E-state index contributed by atoms with van der Waals surface area (Å²) in [4.78, 5) is 5.08. The zero-order valence-corrected chi connectivity index (χ0v) is 57.9. The predicted molar refractivity (Wildman–Crippen MR) is 441 cm³/mol. The smallest absolute Gasteiger partial charge is 0.252 e. The van der Waals surface area contributed by atoms with Gasteiger partial charge >= 0.3 is 0 Å². The van der Waals surface area contributed by atoms with Crippen LogP contribution in [0.5, 0.6) is 0 Å². The molecule has 0 saturated carbocycles. The average molecular weight is 1340 g/mol. The number of hydrogen-bond donors (Lipinski definition) is 0. The molecule has 2 aliphatic rings. The molecule has 21 rings (SSSR count). The van der Waals surface area contributed by atoms with E-state index in [-0.39, 0.29) is 27.2 Å². The lowest BCUT2D eigenvalue weighted by atomic mass is 9.33. The van der Waals surface area contributed by atoms with E-state index in [0.717, 1.165) is 155 Å². The highest BCUT2D eigenvalue weighted by Crippen LogP contribution is 2.60. The number of hydrogen-bond acceptors (Lipinski definition) is 3. The third-order valence-corrected chi connectivity index (χ3v) is 21.8. The predicted octanol–water partition coefficient (Wildman–Crippen LogP) is 24.8. The summed E-state index contributed by atoms with van der Waals surface area (Å²) >= 11 is 0. The van der Waals surface area contributed by atoms with E-state index in [2.05, 4.69) is 274 Å². The SMILES string of the molecule is [2H]c1c([2H])c([2H])c(-c2c([2H])c([2H])c3c(c2[2H])c2c([2H])c([2H])c([2H])c([2H])c2n3-c2ccc3c(c2)N(c2c(-c4ccccc4)cc(C(C)(C)C)cc2-c2ccccc2)c2c4c(c5c6ccccc6n6c7ccccc7c2c56)N(c2c(-c5ccccc5)cc(C(C)(C)C)cc2-c2ccccc2)c2cc5c(cc2B34)oc2ccccc25)c([2H])c1[2H]. The number of anilines is 6. The van der Waals surface area contributed by atoms with E-state index < -0.39 is 95.8 Å². The van der Waals surface area contributed by atoms with E-state index in [1.165, 1.54) is 0 Å². The molecule has 0 N–H and O–H groups in total. The van der Waals surface area contributed by atoms with Crippen LogP contribution < -0.4 is 26.2 Å². The first-order valence-corrected chi connectivity index (χ1v) is 35.5. The second kappa shape index (κ2) is 22.4. The van der Waals surface area contributed by atoms with Crippen LogP contribution in [0.15, 0.2) is 326 Å². The van der Waals surface area contributed by atoms with Crippen LogP contribution in [-0.4, -0.2) is 15.7 Å². The normalized spacial score (nSPS) is 14.7. The molecule has 5 nitrogen and oxygen atoms in total. The number of rotatable bonds is 8. The minimum Gasteiger partial charge on any atom is -0.456 e. The van der Waals surface area contributed by atoms with Crippen LogP contribution in [0.4, 0.5) is 34.1 Å². The van der Waals surface area contributed by atoms with Crippen molar-refractivity contribution in [3.8, 4) is 61.3 Å². The maximum absolute atomic E-state index is 10.4. The van der Waals surface area contributed by atoms with Crippen molar-refractivity contribution < 1.29 is 20.9 Å². The summed E-state index contributed by atoms with van der Waals surface area (Å²) in [6.07, 6.45) is 0. The average Bonchev–Trinajstić information content (AvgIpc) is 1.40. The lowest BCUT2D eigenvalue weighted by Crippen LogP contribution is -2.61. The minimum atomic E-state index is -0.704. The van der Waals surface area contributed by atoms with Gasteiger partial charge < -0.3 is 23.2 Å². The zero-order chi connectivity index (χ0) is 79.9. The molecule has 4 aromatic heterocycles. The van der Waals surface area contributed by atoms with Crippen molar-refractivity contribution in [1.82, 2.24) is 8.97 Å². The van der Waals surface area contributed by atoms with Crippen LogP contribution in [0, 0.1) is 0 Å². The fourth-order valence-electron chi connectivity index (χ4n) is 17.1. The summed E-state index contributed by atoms with van der Waals surface area (Å²) in [6.45, 7) is 12.9. The number of fused-ring (bicyclic) bond motifs is 18. The first kappa shape index (κ1) is 49.0. The first-order chi connectivity index (χ1) is 55.9. The molecule has 0 amide bonds.